The molecule has 0 saturated carbocycles. The van der Waals surface area contributed by atoms with Crippen LogP contribution in [0.25, 0.3) is 11.0 Å². The number of nitrogens with one attached hydrogen (secondary N) is 1. The number of nitrogens with zero attached hydrogens (tertiary/aromatic N) is 3. The molecule has 0 unspecified atom stereocenters. The van der Waals surface area contributed by atoms with E-state index in [9.17, 15) is 9.18 Å². The third kappa shape index (κ3) is 3.36. The molecule has 0 aliphatic rings. The van der Waals surface area contributed by atoms with Crippen molar-refractivity contribution in [1.82, 2.24) is 14.8 Å². The fourth-order valence-corrected chi connectivity index (χ4v) is 2.38. The van der Waals surface area contributed by atoms with Crippen molar-refractivity contribution in [3.05, 3.63) is 54.1 Å². The van der Waals surface area contributed by atoms with E-state index in [-0.39, 0.29) is 24.2 Å². The number of carbonyl (C=O) groups is 1. The fraction of sp³-hybridized carbons (Fsp3) is 0.235. The molecule has 0 fully saturated rings. The summed E-state index contributed by atoms with van der Waals surface area (Å²) in [7, 11) is 0. The molecule has 5 nitrogen and oxygen atoms in total. The number of aromatic nitrogens is 3. The number of halogens is 1. The highest BCUT2D eigenvalue weighted by molar-refractivity contribution is 5.93. The molecule has 6 heteroatoms. The highest BCUT2D eigenvalue weighted by Gasteiger charge is 2.09. The van der Waals surface area contributed by atoms with Crippen molar-refractivity contribution in [2.45, 2.75) is 26.3 Å². The topological polar surface area (TPSA) is 59.8 Å². The smallest absolute Gasteiger partial charge is 0.228 e. The average Bonchev–Trinajstić information content (AvgIpc) is 2.93. The highest BCUT2D eigenvalue weighted by Crippen LogP contribution is 2.19. The third-order valence-corrected chi connectivity index (χ3v) is 3.48. The van der Waals surface area contributed by atoms with Gasteiger partial charge in [-0.1, -0.05) is 12.1 Å². The van der Waals surface area contributed by atoms with Crippen molar-refractivity contribution in [3.63, 3.8) is 0 Å². The van der Waals surface area contributed by atoms with Crippen LogP contribution in [0.15, 0.2) is 42.7 Å². The molecule has 2 aromatic heterocycles. The van der Waals surface area contributed by atoms with E-state index in [4.69, 9.17) is 0 Å². The summed E-state index contributed by atoms with van der Waals surface area (Å²) in [5.74, 6) is -0.486. The van der Waals surface area contributed by atoms with Crippen molar-refractivity contribution in [2.75, 3.05) is 5.32 Å². The highest BCUT2D eigenvalue weighted by atomic mass is 19.1. The van der Waals surface area contributed by atoms with Crippen molar-refractivity contribution >= 4 is 22.6 Å². The lowest BCUT2D eigenvalue weighted by Crippen LogP contribution is -2.14. The lowest BCUT2D eigenvalue weighted by molar-refractivity contribution is -0.115. The monoisotopic (exact) mass is 312 g/mol. The number of pyridine rings is 1. The minimum Gasteiger partial charge on any atom is -0.324 e. The molecular weight excluding hydrogens is 295 g/mol. The number of fused-ring (bicyclic) bond motifs is 1. The van der Waals surface area contributed by atoms with Gasteiger partial charge in [0.25, 0.3) is 0 Å². The molecule has 0 bridgehead atoms. The van der Waals surface area contributed by atoms with Gasteiger partial charge in [0.1, 0.15) is 5.82 Å². The Hall–Kier alpha value is -2.76. The van der Waals surface area contributed by atoms with Crippen molar-refractivity contribution < 1.29 is 9.18 Å². The number of anilines is 1. The summed E-state index contributed by atoms with van der Waals surface area (Å²) in [6, 6.07) is 7.95. The number of amides is 1. The van der Waals surface area contributed by atoms with Gasteiger partial charge in [-0.05, 0) is 37.6 Å². The molecule has 0 saturated heterocycles. The predicted octanol–water partition coefficient (Wildman–Crippen LogP) is 3.33. The van der Waals surface area contributed by atoms with Crippen LogP contribution in [-0.2, 0) is 11.2 Å². The molecule has 0 radical (unpaired) electrons. The maximum atomic E-state index is 12.9. The molecule has 2 heterocycles. The van der Waals surface area contributed by atoms with Gasteiger partial charge < -0.3 is 5.32 Å². The Balaban J connectivity index is 1.73. The molecule has 0 aliphatic carbocycles. The number of rotatable bonds is 4. The van der Waals surface area contributed by atoms with Gasteiger partial charge in [-0.15, -0.1) is 0 Å². The van der Waals surface area contributed by atoms with Gasteiger partial charge in [0, 0.05) is 11.4 Å². The lowest BCUT2D eigenvalue weighted by Gasteiger charge is -2.08. The van der Waals surface area contributed by atoms with Crippen LogP contribution in [0.4, 0.5) is 10.1 Å². The van der Waals surface area contributed by atoms with E-state index in [1.54, 1.807) is 24.5 Å². The quantitative estimate of drug-likeness (QED) is 0.804. The Labute approximate surface area is 133 Å². The minimum absolute atomic E-state index is 0.172. The van der Waals surface area contributed by atoms with Crippen LogP contribution in [0.5, 0.6) is 0 Å². The van der Waals surface area contributed by atoms with Gasteiger partial charge in [0.05, 0.1) is 24.5 Å². The van der Waals surface area contributed by atoms with E-state index < -0.39 is 0 Å². The molecule has 0 spiro atoms. The van der Waals surface area contributed by atoms with E-state index in [0.29, 0.717) is 5.69 Å². The van der Waals surface area contributed by atoms with Gasteiger partial charge >= 0.3 is 0 Å². The molecule has 0 aliphatic heterocycles. The first kappa shape index (κ1) is 15.1. The summed E-state index contributed by atoms with van der Waals surface area (Å²) in [4.78, 5) is 16.4. The van der Waals surface area contributed by atoms with Gasteiger partial charge in [-0.25, -0.2) is 14.1 Å². The van der Waals surface area contributed by atoms with Crippen LogP contribution in [-0.4, -0.2) is 20.7 Å². The largest absolute Gasteiger partial charge is 0.324 e. The molecule has 1 aromatic carbocycles. The van der Waals surface area contributed by atoms with Gasteiger partial charge in [0.15, 0.2) is 5.65 Å². The van der Waals surface area contributed by atoms with E-state index in [1.165, 1.54) is 12.1 Å². The van der Waals surface area contributed by atoms with Gasteiger partial charge in [0.2, 0.25) is 5.91 Å². The van der Waals surface area contributed by atoms with E-state index in [1.807, 2.05) is 24.6 Å². The Morgan fingerprint density at radius 1 is 1.26 bits per heavy atom. The normalized spacial score (nSPS) is 11.1. The zero-order valence-corrected chi connectivity index (χ0v) is 13.0. The summed E-state index contributed by atoms with van der Waals surface area (Å²) in [6.07, 6.45) is 3.53. The molecule has 23 heavy (non-hydrogen) atoms. The van der Waals surface area contributed by atoms with Crippen LogP contribution in [0, 0.1) is 5.82 Å². The van der Waals surface area contributed by atoms with Crippen LogP contribution >= 0.6 is 0 Å². The third-order valence-electron chi connectivity index (χ3n) is 3.48. The van der Waals surface area contributed by atoms with Crippen LogP contribution < -0.4 is 5.32 Å². The Kier molecular flexibility index (Phi) is 4.06. The fourth-order valence-electron chi connectivity index (χ4n) is 2.38. The maximum Gasteiger partial charge on any atom is 0.228 e. The maximum absolute atomic E-state index is 12.9. The second-order valence-electron chi connectivity index (χ2n) is 5.67. The second kappa shape index (κ2) is 6.16. The number of hydrogen-bond donors (Lipinski definition) is 1. The molecule has 3 rings (SSSR count). The van der Waals surface area contributed by atoms with Gasteiger partial charge in [-0.3, -0.25) is 4.79 Å². The first-order chi connectivity index (χ1) is 11.0. The van der Waals surface area contributed by atoms with Crippen LogP contribution in [0.1, 0.15) is 25.5 Å². The molecular formula is C17H17FN4O. The second-order valence-corrected chi connectivity index (χ2v) is 5.67. The number of benzene rings is 1. The van der Waals surface area contributed by atoms with E-state index in [2.05, 4.69) is 15.4 Å². The van der Waals surface area contributed by atoms with Crippen LogP contribution in [0.3, 0.4) is 0 Å². The first-order valence-corrected chi connectivity index (χ1v) is 7.40. The summed E-state index contributed by atoms with van der Waals surface area (Å²) in [6.45, 7) is 4.07. The summed E-state index contributed by atoms with van der Waals surface area (Å²) >= 11 is 0. The Morgan fingerprint density at radius 3 is 2.70 bits per heavy atom. The molecule has 1 amide bonds. The van der Waals surface area contributed by atoms with E-state index >= 15 is 0 Å². The zero-order valence-electron chi connectivity index (χ0n) is 13.0. The molecule has 0 atom stereocenters. The summed E-state index contributed by atoms with van der Waals surface area (Å²) < 4.78 is 14.7. The van der Waals surface area contributed by atoms with E-state index in [0.717, 1.165) is 16.6 Å². The molecule has 3 aromatic rings. The SMILES string of the molecule is CC(C)n1ncc2cc(NC(=O)Cc3ccc(F)cc3)cnc21. The number of hydrogen-bond acceptors (Lipinski definition) is 3. The standard InChI is InChI=1S/C17H17FN4O/c1-11(2)22-17-13(9-20-22)8-15(10-19-17)21-16(23)7-12-3-5-14(18)6-4-12/h3-6,8-11H,7H2,1-2H3,(H,21,23). The molecule has 1 N–H and O–H groups in total. The summed E-state index contributed by atoms with van der Waals surface area (Å²) in [5.41, 5.74) is 2.16. The molecule has 118 valence electrons. The Bertz CT molecular complexity index is 839. The minimum atomic E-state index is -0.314. The zero-order chi connectivity index (χ0) is 16.4. The van der Waals surface area contributed by atoms with Crippen LogP contribution in [0.2, 0.25) is 0 Å². The van der Waals surface area contributed by atoms with Gasteiger partial charge in [-0.2, -0.15) is 5.10 Å². The predicted molar refractivity (Wildman–Crippen MR) is 86.6 cm³/mol. The van der Waals surface area contributed by atoms with Crippen molar-refractivity contribution in [1.29, 1.82) is 0 Å². The van der Waals surface area contributed by atoms with Crippen molar-refractivity contribution in [3.8, 4) is 0 Å². The van der Waals surface area contributed by atoms with Crippen molar-refractivity contribution in [2.24, 2.45) is 0 Å². The Morgan fingerprint density at radius 2 is 2.00 bits per heavy atom. The first-order valence-electron chi connectivity index (χ1n) is 7.40. The summed E-state index contributed by atoms with van der Waals surface area (Å²) in [5, 5.41) is 7.97. The average molecular weight is 312 g/mol. The number of carbonyl (C=O) groups excluding carboxylic acids is 1. The lowest BCUT2D eigenvalue weighted by atomic mass is 10.1.